The van der Waals surface area contributed by atoms with Gasteiger partial charge in [0, 0.05) is 13.1 Å². The van der Waals surface area contributed by atoms with E-state index in [1.54, 1.807) is 4.90 Å². The largest absolute Gasteiger partial charge is 0.465 e. The lowest BCUT2D eigenvalue weighted by Gasteiger charge is -2.33. The molecule has 1 aliphatic rings. The summed E-state index contributed by atoms with van der Waals surface area (Å²) in [6, 6.07) is 0. The molecule has 0 N–H and O–H groups in total. The molecule has 1 rings (SSSR count). The Balaban J connectivity index is 2.26. The molecule has 0 saturated carbocycles. The molecule has 0 aromatic carbocycles. The number of amides is 1. The fourth-order valence-electron chi connectivity index (χ4n) is 2.15. The van der Waals surface area contributed by atoms with Gasteiger partial charge in [-0.15, -0.1) is 0 Å². The first kappa shape index (κ1) is 19.4. The minimum absolute atomic E-state index is 0.0165. The van der Waals surface area contributed by atoms with Gasteiger partial charge in [0.25, 0.3) is 0 Å². The predicted molar refractivity (Wildman–Crippen MR) is 84.8 cm³/mol. The molecule has 23 heavy (non-hydrogen) atoms. The minimum atomic E-state index is -0.376. The van der Waals surface area contributed by atoms with Crippen LogP contribution in [0.3, 0.4) is 0 Å². The van der Waals surface area contributed by atoms with Gasteiger partial charge in [0.05, 0.1) is 26.3 Å². The van der Waals surface area contributed by atoms with E-state index in [-0.39, 0.29) is 37.5 Å². The molecule has 7 heteroatoms. The van der Waals surface area contributed by atoms with E-state index in [0.29, 0.717) is 26.3 Å². The average Bonchev–Trinajstić information content (AvgIpc) is 2.50. The van der Waals surface area contributed by atoms with Crippen molar-refractivity contribution in [1.82, 2.24) is 9.80 Å². The van der Waals surface area contributed by atoms with Crippen LogP contribution in [-0.4, -0.2) is 73.6 Å². The van der Waals surface area contributed by atoms with Crippen molar-refractivity contribution in [3.05, 3.63) is 0 Å². The van der Waals surface area contributed by atoms with Gasteiger partial charge in [-0.1, -0.05) is 26.7 Å². The number of nitrogens with zero attached hydrogens (tertiary/aromatic N) is 2. The van der Waals surface area contributed by atoms with Crippen molar-refractivity contribution in [3.8, 4) is 0 Å². The Hall–Kier alpha value is -1.63. The molecular weight excluding hydrogens is 300 g/mol. The monoisotopic (exact) mass is 328 g/mol. The van der Waals surface area contributed by atoms with Crippen molar-refractivity contribution in [2.75, 3.05) is 45.9 Å². The number of esters is 2. The van der Waals surface area contributed by atoms with Gasteiger partial charge < -0.3 is 14.4 Å². The summed E-state index contributed by atoms with van der Waals surface area (Å²) in [5, 5.41) is 0. The van der Waals surface area contributed by atoms with E-state index in [2.05, 4.69) is 0 Å². The van der Waals surface area contributed by atoms with Crippen LogP contribution in [0.1, 0.15) is 39.5 Å². The summed E-state index contributed by atoms with van der Waals surface area (Å²) in [5.74, 6) is -0.844. The van der Waals surface area contributed by atoms with Crippen molar-refractivity contribution in [2.24, 2.45) is 0 Å². The molecule has 0 aliphatic carbocycles. The zero-order valence-electron chi connectivity index (χ0n) is 14.2. The van der Waals surface area contributed by atoms with Crippen molar-refractivity contribution >= 4 is 17.8 Å². The Labute approximate surface area is 137 Å². The summed E-state index contributed by atoms with van der Waals surface area (Å²) in [6.07, 6.45) is 3.60. The maximum absolute atomic E-state index is 12.0. The van der Waals surface area contributed by atoms with Gasteiger partial charge in [-0.05, 0) is 12.8 Å². The Morgan fingerprint density at radius 3 is 2.04 bits per heavy atom. The maximum Gasteiger partial charge on any atom is 0.325 e. The van der Waals surface area contributed by atoms with Crippen LogP contribution in [0.4, 0.5) is 0 Å². The molecule has 0 spiro atoms. The van der Waals surface area contributed by atoms with Crippen molar-refractivity contribution in [3.63, 3.8) is 0 Å². The highest BCUT2D eigenvalue weighted by atomic mass is 16.5. The molecule has 1 fully saturated rings. The first-order chi connectivity index (χ1) is 11.1. The first-order valence-corrected chi connectivity index (χ1v) is 8.38. The van der Waals surface area contributed by atoms with Crippen molar-refractivity contribution < 1.29 is 23.9 Å². The highest BCUT2D eigenvalue weighted by molar-refractivity contribution is 5.84. The number of carbonyl (C=O) groups is 3. The zero-order valence-corrected chi connectivity index (χ0v) is 14.2. The minimum Gasteiger partial charge on any atom is -0.465 e. The SMILES string of the molecule is CCCCOC(=O)CN1CCN(CC(=O)OCCCC)C(=O)C1. The van der Waals surface area contributed by atoms with E-state index in [1.807, 2.05) is 13.8 Å². The molecule has 1 amide bonds. The molecule has 0 atom stereocenters. The van der Waals surface area contributed by atoms with Crippen LogP contribution in [0.5, 0.6) is 0 Å². The lowest BCUT2D eigenvalue weighted by molar-refractivity contribution is -0.153. The summed E-state index contributed by atoms with van der Waals surface area (Å²) in [5.41, 5.74) is 0. The van der Waals surface area contributed by atoms with Crippen LogP contribution in [0.25, 0.3) is 0 Å². The molecule has 0 aromatic rings. The topological polar surface area (TPSA) is 76.2 Å². The highest BCUT2D eigenvalue weighted by Crippen LogP contribution is 2.04. The third-order valence-electron chi connectivity index (χ3n) is 3.59. The number of hydrogen-bond acceptors (Lipinski definition) is 6. The molecule has 7 nitrogen and oxygen atoms in total. The lowest BCUT2D eigenvalue weighted by Crippen LogP contribution is -2.53. The molecule has 1 aliphatic heterocycles. The van der Waals surface area contributed by atoms with Gasteiger partial charge in [0.15, 0.2) is 0 Å². The Morgan fingerprint density at radius 1 is 0.957 bits per heavy atom. The highest BCUT2D eigenvalue weighted by Gasteiger charge is 2.27. The first-order valence-electron chi connectivity index (χ1n) is 8.38. The molecule has 0 unspecified atom stereocenters. The van der Waals surface area contributed by atoms with Gasteiger partial charge >= 0.3 is 11.9 Å². The van der Waals surface area contributed by atoms with Crippen LogP contribution in [0.15, 0.2) is 0 Å². The second kappa shape index (κ2) is 11.0. The fourth-order valence-corrected chi connectivity index (χ4v) is 2.15. The number of piperazine rings is 1. The average molecular weight is 328 g/mol. The second-order valence-corrected chi connectivity index (χ2v) is 5.67. The molecule has 132 valence electrons. The third-order valence-corrected chi connectivity index (χ3v) is 3.59. The number of ether oxygens (including phenoxy) is 2. The molecule has 0 radical (unpaired) electrons. The van der Waals surface area contributed by atoms with E-state index in [9.17, 15) is 14.4 Å². The van der Waals surface area contributed by atoms with Crippen LogP contribution >= 0.6 is 0 Å². The van der Waals surface area contributed by atoms with Crippen LogP contribution < -0.4 is 0 Å². The lowest BCUT2D eigenvalue weighted by atomic mass is 10.3. The molecule has 0 aromatic heterocycles. The van der Waals surface area contributed by atoms with Gasteiger partial charge in [-0.3, -0.25) is 19.3 Å². The van der Waals surface area contributed by atoms with Gasteiger partial charge in [0.1, 0.15) is 6.54 Å². The van der Waals surface area contributed by atoms with E-state index in [1.165, 1.54) is 4.90 Å². The summed E-state index contributed by atoms with van der Waals surface area (Å²) < 4.78 is 10.1. The second-order valence-electron chi connectivity index (χ2n) is 5.67. The number of unbranched alkanes of at least 4 members (excludes halogenated alkanes) is 2. The predicted octanol–water partition coefficient (Wildman–Crippen LogP) is 0.817. The molecule has 0 bridgehead atoms. The summed E-state index contributed by atoms with van der Waals surface area (Å²) >= 11 is 0. The van der Waals surface area contributed by atoms with Gasteiger partial charge in [-0.25, -0.2) is 0 Å². The van der Waals surface area contributed by atoms with E-state index in [4.69, 9.17) is 9.47 Å². The normalized spacial score (nSPS) is 15.6. The van der Waals surface area contributed by atoms with Crippen molar-refractivity contribution in [2.45, 2.75) is 39.5 Å². The Morgan fingerprint density at radius 2 is 1.52 bits per heavy atom. The molecule has 1 saturated heterocycles. The summed E-state index contributed by atoms with van der Waals surface area (Å²) in [6.45, 7) is 6.07. The van der Waals surface area contributed by atoms with Crippen LogP contribution in [-0.2, 0) is 23.9 Å². The standard InChI is InChI=1S/C16H28N2O5/c1-3-5-9-22-15(20)12-17-7-8-18(14(19)11-17)13-16(21)23-10-6-4-2/h3-13H2,1-2H3. The van der Waals surface area contributed by atoms with Gasteiger partial charge in [0.2, 0.25) is 5.91 Å². The summed E-state index contributed by atoms with van der Waals surface area (Å²) in [4.78, 5) is 38.5. The van der Waals surface area contributed by atoms with Crippen LogP contribution in [0.2, 0.25) is 0 Å². The third kappa shape index (κ3) is 7.97. The van der Waals surface area contributed by atoms with E-state index < -0.39 is 0 Å². The number of hydrogen-bond donors (Lipinski definition) is 0. The van der Waals surface area contributed by atoms with Crippen molar-refractivity contribution in [1.29, 1.82) is 0 Å². The number of carbonyl (C=O) groups excluding carboxylic acids is 3. The molecular formula is C16H28N2O5. The quantitative estimate of drug-likeness (QED) is 0.436. The van der Waals surface area contributed by atoms with E-state index in [0.717, 1.165) is 25.7 Å². The Bertz CT molecular complexity index is 400. The fraction of sp³-hybridized carbons (Fsp3) is 0.812. The summed E-state index contributed by atoms with van der Waals surface area (Å²) in [7, 11) is 0. The Kier molecular flexibility index (Phi) is 9.28. The molecule has 1 heterocycles. The maximum atomic E-state index is 12.0. The van der Waals surface area contributed by atoms with Crippen LogP contribution in [0, 0.1) is 0 Å². The number of rotatable bonds is 10. The zero-order chi connectivity index (χ0) is 17.1. The smallest absolute Gasteiger partial charge is 0.325 e. The van der Waals surface area contributed by atoms with E-state index >= 15 is 0 Å². The van der Waals surface area contributed by atoms with Gasteiger partial charge in [-0.2, -0.15) is 0 Å².